The fourth-order valence-electron chi connectivity index (χ4n) is 3.05. The molecule has 0 spiro atoms. The third kappa shape index (κ3) is 4.50. The molecule has 0 saturated carbocycles. The molecule has 0 radical (unpaired) electrons. The topological polar surface area (TPSA) is 75.7 Å². The number of benzene rings is 2. The molecule has 0 aliphatic carbocycles. The van der Waals surface area contributed by atoms with Gasteiger partial charge in [-0.3, -0.25) is 4.79 Å². The Kier molecular flexibility index (Phi) is 6.31. The van der Waals surface area contributed by atoms with Crippen molar-refractivity contribution in [3.8, 4) is 0 Å². The number of sulfonamides is 1. The van der Waals surface area contributed by atoms with Crippen LogP contribution in [0, 0.1) is 0 Å². The maximum atomic E-state index is 12.9. The molecule has 1 saturated heterocycles. The van der Waals surface area contributed by atoms with Crippen molar-refractivity contribution in [1.29, 1.82) is 0 Å². The summed E-state index contributed by atoms with van der Waals surface area (Å²) in [7, 11) is -3.66. The van der Waals surface area contributed by atoms with Crippen molar-refractivity contribution < 1.29 is 17.9 Å². The number of hydrogen-bond donors (Lipinski definition) is 1. The highest BCUT2D eigenvalue weighted by atomic mass is 35.5. The monoisotopic (exact) mass is 442 g/mol. The van der Waals surface area contributed by atoms with Gasteiger partial charge in [-0.1, -0.05) is 29.3 Å². The highest BCUT2D eigenvalue weighted by Crippen LogP contribution is 2.30. The Morgan fingerprint density at radius 2 is 1.68 bits per heavy atom. The minimum Gasteiger partial charge on any atom is -0.373 e. The average Bonchev–Trinajstić information content (AvgIpc) is 2.64. The van der Waals surface area contributed by atoms with Crippen LogP contribution in [0.1, 0.15) is 24.2 Å². The van der Waals surface area contributed by atoms with Crippen molar-refractivity contribution >= 4 is 44.8 Å². The van der Waals surface area contributed by atoms with Crippen molar-refractivity contribution in [3.63, 3.8) is 0 Å². The number of halogens is 2. The molecule has 1 fully saturated rings. The molecule has 0 aromatic heterocycles. The fraction of sp³-hybridized carbons (Fsp3) is 0.316. The van der Waals surface area contributed by atoms with E-state index in [2.05, 4.69) is 5.32 Å². The highest BCUT2D eigenvalue weighted by molar-refractivity contribution is 7.89. The van der Waals surface area contributed by atoms with E-state index >= 15 is 0 Å². The standard InChI is InChI=1S/C19H20Cl2N2O4S/c1-12-10-23(11-13(2)27-12)28(25,26)15-8-6-14(7-9-15)19(24)22-17-5-3-4-16(20)18(17)21/h3-9,12-13H,10-11H2,1-2H3,(H,22,24). The average molecular weight is 443 g/mol. The quantitative estimate of drug-likeness (QED) is 0.774. The Hall–Kier alpha value is -1.64. The number of ether oxygens (including phenoxy) is 1. The highest BCUT2D eigenvalue weighted by Gasteiger charge is 2.32. The maximum absolute atomic E-state index is 12.9. The van der Waals surface area contributed by atoms with Crippen molar-refractivity contribution in [2.45, 2.75) is 31.0 Å². The Morgan fingerprint density at radius 1 is 1.07 bits per heavy atom. The first-order chi connectivity index (χ1) is 13.2. The van der Waals surface area contributed by atoms with Crippen LogP contribution in [0.4, 0.5) is 5.69 Å². The summed E-state index contributed by atoms with van der Waals surface area (Å²) in [6.45, 7) is 4.27. The van der Waals surface area contributed by atoms with E-state index in [9.17, 15) is 13.2 Å². The van der Waals surface area contributed by atoms with E-state index in [0.29, 0.717) is 29.4 Å². The van der Waals surface area contributed by atoms with Gasteiger partial charge in [-0.05, 0) is 50.2 Å². The Labute approximate surface area is 174 Å². The Morgan fingerprint density at radius 3 is 2.29 bits per heavy atom. The number of nitrogens with one attached hydrogen (secondary N) is 1. The SMILES string of the molecule is CC1CN(S(=O)(=O)c2ccc(C(=O)Nc3cccc(Cl)c3Cl)cc2)CC(C)O1. The third-order valence-corrected chi connectivity index (χ3v) is 7.00. The van der Waals surface area contributed by atoms with Gasteiger partial charge in [-0.15, -0.1) is 0 Å². The van der Waals surface area contributed by atoms with Gasteiger partial charge in [-0.25, -0.2) is 8.42 Å². The lowest BCUT2D eigenvalue weighted by atomic mass is 10.2. The lowest BCUT2D eigenvalue weighted by Gasteiger charge is -2.34. The summed E-state index contributed by atoms with van der Waals surface area (Å²) < 4.78 is 32.7. The summed E-state index contributed by atoms with van der Waals surface area (Å²) in [4.78, 5) is 12.6. The second-order valence-electron chi connectivity index (χ2n) is 6.66. The minimum absolute atomic E-state index is 0.131. The first-order valence-electron chi connectivity index (χ1n) is 8.69. The van der Waals surface area contributed by atoms with Gasteiger partial charge in [0.1, 0.15) is 0 Å². The molecule has 2 aromatic carbocycles. The smallest absolute Gasteiger partial charge is 0.255 e. The normalized spacial score (nSPS) is 20.7. The second-order valence-corrected chi connectivity index (χ2v) is 9.38. The molecular weight excluding hydrogens is 423 g/mol. The number of hydrogen-bond acceptors (Lipinski definition) is 4. The minimum atomic E-state index is -3.66. The molecule has 0 bridgehead atoms. The number of carbonyl (C=O) groups excluding carboxylic acids is 1. The van der Waals surface area contributed by atoms with Crippen LogP contribution in [0.3, 0.4) is 0 Å². The third-order valence-electron chi connectivity index (χ3n) is 4.34. The number of nitrogens with zero attached hydrogens (tertiary/aromatic N) is 1. The van der Waals surface area contributed by atoms with Gasteiger partial charge in [0.15, 0.2) is 0 Å². The molecule has 1 aliphatic rings. The first-order valence-corrected chi connectivity index (χ1v) is 10.9. The van der Waals surface area contributed by atoms with Crippen LogP contribution >= 0.6 is 23.2 Å². The number of amides is 1. The van der Waals surface area contributed by atoms with Crippen LogP contribution in [0.2, 0.25) is 10.0 Å². The van der Waals surface area contributed by atoms with Crippen LogP contribution in [-0.4, -0.2) is 43.9 Å². The zero-order valence-electron chi connectivity index (χ0n) is 15.4. The fourth-order valence-corrected chi connectivity index (χ4v) is 4.99. The summed E-state index contributed by atoms with van der Waals surface area (Å²) in [5.74, 6) is -0.415. The van der Waals surface area contributed by atoms with Gasteiger partial charge in [0, 0.05) is 18.7 Å². The van der Waals surface area contributed by atoms with Crippen molar-refractivity contribution in [1.82, 2.24) is 4.31 Å². The lowest BCUT2D eigenvalue weighted by Crippen LogP contribution is -2.48. The number of carbonyl (C=O) groups is 1. The van der Waals surface area contributed by atoms with E-state index in [4.69, 9.17) is 27.9 Å². The van der Waals surface area contributed by atoms with Crippen LogP contribution in [0.25, 0.3) is 0 Å². The molecule has 1 heterocycles. The van der Waals surface area contributed by atoms with Crippen molar-refractivity contribution in [3.05, 3.63) is 58.1 Å². The summed E-state index contributed by atoms with van der Waals surface area (Å²) in [5.41, 5.74) is 0.686. The molecule has 1 aliphatic heterocycles. The van der Waals surface area contributed by atoms with Gasteiger partial charge >= 0.3 is 0 Å². The van der Waals surface area contributed by atoms with Gasteiger partial charge < -0.3 is 10.1 Å². The molecule has 2 aromatic rings. The van der Waals surface area contributed by atoms with E-state index in [1.165, 1.54) is 28.6 Å². The molecule has 150 valence electrons. The summed E-state index contributed by atoms with van der Waals surface area (Å²) in [6, 6.07) is 10.7. The van der Waals surface area contributed by atoms with Gasteiger partial charge in [0.05, 0.1) is 32.8 Å². The van der Waals surface area contributed by atoms with E-state index in [1.807, 2.05) is 13.8 Å². The van der Waals surface area contributed by atoms with E-state index < -0.39 is 15.9 Å². The zero-order valence-corrected chi connectivity index (χ0v) is 17.7. The van der Waals surface area contributed by atoms with Gasteiger partial charge in [0.25, 0.3) is 5.91 Å². The zero-order chi connectivity index (χ0) is 20.5. The van der Waals surface area contributed by atoms with Crippen LogP contribution in [0.5, 0.6) is 0 Å². The van der Waals surface area contributed by atoms with Gasteiger partial charge in [-0.2, -0.15) is 4.31 Å². The Balaban J connectivity index is 1.77. The predicted molar refractivity (Wildman–Crippen MR) is 110 cm³/mol. The molecular formula is C19H20Cl2N2O4S. The van der Waals surface area contributed by atoms with E-state index in [1.54, 1.807) is 18.2 Å². The van der Waals surface area contributed by atoms with Crippen LogP contribution in [-0.2, 0) is 14.8 Å². The molecule has 1 N–H and O–H groups in total. The molecule has 2 atom stereocenters. The van der Waals surface area contributed by atoms with E-state index in [-0.39, 0.29) is 22.1 Å². The lowest BCUT2D eigenvalue weighted by molar-refractivity contribution is -0.0440. The number of morpholine rings is 1. The van der Waals surface area contributed by atoms with Crippen LogP contribution < -0.4 is 5.32 Å². The summed E-state index contributed by atoms with van der Waals surface area (Å²) >= 11 is 12.0. The van der Waals surface area contributed by atoms with E-state index in [0.717, 1.165) is 0 Å². The van der Waals surface area contributed by atoms with Crippen molar-refractivity contribution in [2.75, 3.05) is 18.4 Å². The molecule has 6 nitrogen and oxygen atoms in total. The molecule has 9 heteroatoms. The largest absolute Gasteiger partial charge is 0.373 e. The molecule has 1 amide bonds. The Bertz CT molecular complexity index is 970. The summed E-state index contributed by atoms with van der Waals surface area (Å²) in [5, 5.41) is 3.24. The number of rotatable bonds is 4. The predicted octanol–water partition coefficient (Wildman–Crippen LogP) is 4.04. The maximum Gasteiger partial charge on any atom is 0.255 e. The summed E-state index contributed by atoms with van der Waals surface area (Å²) in [6.07, 6.45) is -0.350. The second kappa shape index (κ2) is 8.39. The van der Waals surface area contributed by atoms with Crippen molar-refractivity contribution in [2.24, 2.45) is 0 Å². The molecule has 3 rings (SSSR count). The molecule has 2 unspecified atom stereocenters. The first kappa shape index (κ1) is 21.1. The number of anilines is 1. The molecule has 28 heavy (non-hydrogen) atoms. The van der Waals surface area contributed by atoms with Gasteiger partial charge in [0.2, 0.25) is 10.0 Å². The van der Waals surface area contributed by atoms with Crippen LogP contribution in [0.15, 0.2) is 47.4 Å².